The topological polar surface area (TPSA) is 66.8 Å². The number of aliphatic carboxylic acids is 1. The number of hydrogen-bond donors (Lipinski definition) is 1. The Balaban J connectivity index is 1.95. The van der Waals surface area contributed by atoms with E-state index >= 15 is 0 Å². The fraction of sp³-hybridized carbons (Fsp3) is 0.222. The maximum atomic E-state index is 12.9. The molecule has 0 radical (unpaired) electrons. The molecule has 5 nitrogen and oxygen atoms in total. The number of amides is 1. The molecule has 0 saturated carbocycles. The molecule has 1 aliphatic rings. The number of rotatable bonds is 4. The standard InChI is InChI=1S/C18H17NO4S/c1-23-14-9-7-13(8-10-14)17-19(15(11-24-17)18(21)22)16(20)12-5-3-2-4-6-12/h2-10,15,17H,11H2,1H3,(H,21,22). The first-order chi connectivity index (χ1) is 11.6. The van der Waals surface area contributed by atoms with Crippen LogP contribution in [0.25, 0.3) is 0 Å². The predicted octanol–water partition coefficient (Wildman–Crippen LogP) is 3.04. The summed E-state index contributed by atoms with van der Waals surface area (Å²) in [6.07, 6.45) is 0. The van der Waals surface area contributed by atoms with Crippen LogP contribution < -0.4 is 4.74 Å². The fourth-order valence-corrected chi connectivity index (χ4v) is 4.12. The lowest BCUT2D eigenvalue weighted by Crippen LogP contribution is -2.42. The van der Waals surface area contributed by atoms with Crippen molar-refractivity contribution in [1.29, 1.82) is 0 Å². The molecule has 3 rings (SSSR count). The van der Waals surface area contributed by atoms with Crippen LogP contribution in [-0.4, -0.2) is 40.8 Å². The second-order valence-corrected chi connectivity index (χ2v) is 6.50. The van der Waals surface area contributed by atoms with Crippen LogP contribution in [0.3, 0.4) is 0 Å². The maximum absolute atomic E-state index is 12.9. The molecule has 0 aromatic heterocycles. The Morgan fingerprint density at radius 3 is 2.38 bits per heavy atom. The van der Waals surface area contributed by atoms with Gasteiger partial charge in [-0.3, -0.25) is 4.79 Å². The number of methoxy groups -OCH3 is 1. The first-order valence-electron chi connectivity index (χ1n) is 7.48. The number of nitrogens with zero attached hydrogens (tertiary/aromatic N) is 1. The molecule has 2 atom stereocenters. The molecule has 2 aromatic carbocycles. The first kappa shape index (κ1) is 16.4. The average molecular weight is 343 g/mol. The molecule has 1 heterocycles. The molecular weight excluding hydrogens is 326 g/mol. The maximum Gasteiger partial charge on any atom is 0.327 e. The van der Waals surface area contributed by atoms with Gasteiger partial charge >= 0.3 is 5.97 Å². The quantitative estimate of drug-likeness (QED) is 0.924. The zero-order chi connectivity index (χ0) is 17.1. The van der Waals surface area contributed by atoms with Crippen molar-refractivity contribution in [3.8, 4) is 5.75 Å². The van der Waals surface area contributed by atoms with Crippen LogP contribution in [-0.2, 0) is 4.79 Å². The molecule has 0 aliphatic carbocycles. The summed E-state index contributed by atoms with van der Waals surface area (Å²) >= 11 is 1.46. The van der Waals surface area contributed by atoms with Crippen LogP contribution in [0.1, 0.15) is 21.3 Å². The highest BCUT2D eigenvalue weighted by molar-refractivity contribution is 7.99. The third kappa shape index (κ3) is 3.10. The van der Waals surface area contributed by atoms with Gasteiger partial charge in [0.1, 0.15) is 17.2 Å². The van der Waals surface area contributed by atoms with E-state index in [2.05, 4.69) is 0 Å². The Labute approximate surface area is 144 Å². The van der Waals surface area contributed by atoms with Crippen molar-refractivity contribution in [2.24, 2.45) is 0 Å². The lowest BCUT2D eigenvalue weighted by Gasteiger charge is -2.27. The monoisotopic (exact) mass is 343 g/mol. The van der Waals surface area contributed by atoms with Gasteiger partial charge in [-0.05, 0) is 29.8 Å². The molecule has 6 heteroatoms. The minimum absolute atomic E-state index is 0.270. The summed E-state index contributed by atoms with van der Waals surface area (Å²) in [7, 11) is 1.59. The minimum Gasteiger partial charge on any atom is -0.497 e. The third-order valence-electron chi connectivity index (χ3n) is 3.94. The Hall–Kier alpha value is -2.47. The van der Waals surface area contributed by atoms with Gasteiger partial charge < -0.3 is 14.7 Å². The van der Waals surface area contributed by atoms with Crippen molar-refractivity contribution >= 4 is 23.6 Å². The Bertz CT molecular complexity index is 732. The molecule has 0 spiro atoms. The van der Waals surface area contributed by atoms with Gasteiger partial charge in [-0.25, -0.2) is 4.79 Å². The molecule has 1 N–H and O–H groups in total. The number of thioether (sulfide) groups is 1. The minimum atomic E-state index is -0.984. The van der Waals surface area contributed by atoms with E-state index in [0.717, 1.165) is 11.3 Å². The van der Waals surface area contributed by atoms with Crippen molar-refractivity contribution in [3.05, 3.63) is 65.7 Å². The van der Waals surface area contributed by atoms with Gasteiger partial charge in [-0.2, -0.15) is 0 Å². The second-order valence-electron chi connectivity index (χ2n) is 5.39. The average Bonchev–Trinajstić information content (AvgIpc) is 3.07. The Kier molecular flexibility index (Phi) is 4.76. The highest BCUT2D eigenvalue weighted by atomic mass is 32.2. The van der Waals surface area contributed by atoms with Gasteiger partial charge in [0.2, 0.25) is 0 Å². The summed E-state index contributed by atoms with van der Waals surface area (Å²) in [5.41, 5.74) is 1.37. The lowest BCUT2D eigenvalue weighted by atomic mass is 10.1. The molecule has 124 valence electrons. The molecule has 1 fully saturated rings. The summed E-state index contributed by atoms with van der Waals surface area (Å²) in [5.74, 6) is -0.168. The van der Waals surface area contributed by atoms with Crippen LogP contribution in [0.5, 0.6) is 5.75 Å². The van der Waals surface area contributed by atoms with Crippen LogP contribution in [0.15, 0.2) is 54.6 Å². The van der Waals surface area contributed by atoms with Gasteiger partial charge in [0, 0.05) is 11.3 Å². The molecular formula is C18H17NO4S. The molecule has 0 bridgehead atoms. The van der Waals surface area contributed by atoms with E-state index in [-0.39, 0.29) is 11.3 Å². The van der Waals surface area contributed by atoms with E-state index in [1.807, 2.05) is 30.3 Å². The molecule has 1 saturated heterocycles. The molecule has 1 amide bonds. The SMILES string of the molecule is COc1ccc(C2SCC(C(=O)O)N2C(=O)c2ccccc2)cc1. The number of ether oxygens (including phenoxy) is 1. The van der Waals surface area contributed by atoms with E-state index in [0.29, 0.717) is 11.3 Å². The van der Waals surface area contributed by atoms with E-state index in [4.69, 9.17) is 4.74 Å². The summed E-state index contributed by atoms with van der Waals surface area (Å²) in [5, 5.41) is 9.17. The summed E-state index contributed by atoms with van der Waals surface area (Å²) in [4.78, 5) is 26.0. The van der Waals surface area contributed by atoms with Gasteiger partial charge in [0.15, 0.2) is 0 Å². The summed E-state index contributed by atoms with van der Waals surface area (Å²) in [6.45, 7) is 0. The Morgan fingerprint density at radius 2 is 1.79 bits per heavy atom. The first-order valence-corrected chi connectivity index (χ1v) is 8.53. The highest BCUT2D eigenvalue weighted by Gasteiger charge is 2.42. The van der Waals surface area contributed by atoms with E-state index < -0.39 is 12.0 Å². The number of carbonyl (C=O) groups excluding carboxylic acids is 1. The number of hydrogen-bond acceptors (Lipinski definition) is 4. The van der Waals surface area contributed by atoms with E-state index in [9.17, 15) is 14.7 Å². The van der Waals surface area contributed by atoms with Crippen molar-refractivity contribution in [2.75, 3.05) is 12.9 Å². The normalized spacial score (nSPS) is 20.0. The van der Waals surface area contributed by atoms with Crippen LogP contribution in [0, 0.1) is 0 Å². The van der Waals surface area contributed by atoms with Gasteiger partial charge in [0.05, 0.1) is 7.11 Å². The van der Waals surface area contributed by atoms with Crippen LogP contribution in [0.2, 0.25) is 0 Å². The van der Waals surface area contributed by atoms with Crippen molar-refractivity contribution in [3.63, 3.8) is 0 Å². The molecule has 2 unspecified atom stereocenters. The predicted molar refractivity (Wildman–Crippen MR) is 92.2 cm³/mol. The third-order valence-corrected chi connectivity index (χ3v) is 5.26. The number of carbonyl (C=O) groups is 2. The fourth-order valence-electron chi connectivity index (χ4n) is 2.70. The molecule has 1 aliphatic heterocycles. The summed E-state index contributed by atoms with van der Waals surface area (Å²) in [6, 6.07) is 15.3. The molecule has 2 aromatic rings. The summed E-state index contributed by atoms with van der Waals surface area (Å²) < 4.78 is 5.15. The van der Waals surface area contributed by atoms with Crippen LogP contribution in [0.4, 0.5) is 0 Å². The zero-order valence-electron chi connectivity index (χ0n) is 13.1. The molecule has 24 heavy (non-hydrogen) atoms. The Morgan fingerprint density at radius 1 is 1.12 bits per heavy atom. The smallest absolute Gasteiger partial charge is 0.327 e. The van der Waals surface area contributed by atoms with Gasteiger partial charge in [-0.1, -0.05) is 30.3 Å². The largest absolute Gasteiger partial charge is 0.497 e. The van der Waals surface area contributed by atoms with Gasteiger partial charge in [0.25, 0.3) is 5.91 Å². The number of carboxylic acids is 1. The van der Waals surface area contributed by atoms with Crippen molar-refractivity contribution < 1.29 is 19.4 Å². The number of carboxylic acid groups (broad SMARTS) is 1. The zero-order valence-corrected chi connectivity index (χ0v) is 13.9. The van der Waals surface area contributed by atoms with Crippen molar-refractivity contribution in [2.45, 2.75) is 11.4 Å². The number of benzene rings is 2. The van der Waals surface area contributed by atoms with Gasteiger partial charge in [-0.15, -0.1) is 11.8 Å². The van der Waals surface area contributed by atoms with Crippen LogP contribution >= 0.6 is 11.8 Å². The van der Waals surface area contributed by atoms with Crippen molar-refractivity contribution in [1.82, 2.24) is 4.90 Å². The lowest BCUT2D eigenvalue weighted by molar-refractivity contribution is -0.141. The second kappa shape index (κ2) is 6.97. The highest BCUT2D eigenvalue weighted by Crippen LogP contribution is 2.42. The van der Waals surface area contributed by atoms with E-state index in [1.165, 1.54) is 16.7 Å². The van der Waals surface area contributed by atoms with E-state index in [1.54, 1.807) is 31.4 Å².